The van der Waals surface area contributed by atoms with Crippen LogP contribution in [0.4, 0.5) is 5.82 Å². The first-order valence-corrected chi connectivity index (χ1v) is 6.19. The fraction of sp³-hybridized carbons (Fsp3) is 0.583. The average molecular weight is 250 g/mol. The molecule has 1 aliphatic heterocycles. The van der Waals surface area contributed by atoms with Crippen molar-refractivity contribution in [2.24, 2.45) is 11.7 Å². The van der Waals surface area contributed by atoms with Crippen molar-refractivity contribution in [2.45, 2.75) is 25.9 Å². The molecule has 2 rings (SSSR count). The van der Waals surface area contributed by atoms with E-state index in [1.54, 1.807) is 12.1 Å². The summed E-state index contributed by atoms with van der Waals surface area (Å²) in [5, 5.41) is 10.9. The highest BCUT2D eigenvalue weighted by Gasteiger charge is 2.26. The van der Waals surface area contributed by atoms with E-state index in [4.69, 9.17) is 10.5 Å². The van der Waals surface area contributed by atoms with Gasteiger partial charge in [-0.15, -0.1) is 10.2 Å². The van der Waals surface area contributed by atoms with E-state index in [1.165, 1.54) is 0 Å². The van der Waals surface area contributed by atoms with Crippen molar-refractivity contribution >= 4 is 11.7 Å². The molecule has 6 nitrogen and oxygen atoms in total. The van der Waals surface area contributed by atoms with E-state index in [-0.39, 0.29) is 5.69 Å². The normalized spacial score (nSPS) is 22.9. The summed E-state index contributed by atoms with van der Waals surface area (Å²) in [6.45, 7) is 3.77. The minimum absolute atomic E-state index is 0.177. The van der Waals surface area contributed by atoms with Crippen molar-refractivity contribution in [1.82, 2.24) is 10.2 Å². The molecule has 0 bridgehead atoms. The first kappa shape index (κ1) is 12.8. The quantitative estimate of drug-likeness (QED) is 0.806. The van der Waals surface area contributed by atoms with Gasteiger partial charge in [0.05, 0.1) is 6.10 Å². The van der Waals surface area contributed by atoms with Crippen LogP contribution in [-0.2, 0) is 4.74 Å². The molecule has 18 heavy (non-hydrogen) atoms. The number of nitrogens with two attached hydrogens (primary N) is 1. The highest BCUT2D eigenvalue weighted by atomic mass is 16.5. The van der Waals surface area contributed by atoms with Crippen LogP contribution in [0.15, 0.2) is 12.1 Å². The van der Waals surface area contributed by atoms with Crippen molar-refractivity contribution in [1.29, 1.82) is 0 Å². The Kier molecular flexibility index (Phi) is 4.09. The summed E-state index contributed by atoms with van der Waals surface area (Å²) in [5.74, 6) is 0.596. The van der Waals surface area contributed by atoms with Crippen molar-refractivity contribution in [2.75, 3.05) is 18.5 Å². The van der Waals surface area contributed by atoms with Crippen LogP contribution < -0.4 is 11.1 Å². The van der Waals surface area contributed by atoms with E-state index in [9.17, 15) is 4.79 Å². The number of ether oxygens (including phenoxy) is 1. The molecule has 1 saturated heterocycles. The molecule has 1 fully saturated rings. The highest BCUT2D eigenvalue weighted by Crippen LogP contribution is 2.23. The Morgan fingerprint density at radius 2 is 2.39 bits per heavy atom. The molecule has 0 aromatic carbocycles. The number of primary amides is 1. The van der Waals surface area contributed by atoms with Gasteiger partial charge in [-0.3, -0.25) is 4.79 Å². The van der Waals surface area contributed by atoms with Crippen molar-refractivity contribution in [3.05, 3.63) is 17.8 Å². The molecule has 1 aromatic rings. The number of carbonyl (C=O) groups excluding carboxylic acids is 1. The molecule has 6 heteroatoms. The Bertz CT molecular complexity index is 407. The minimum Gasteiger partial charge on any atom is -0.378 e. The van der Waals surface area contributed by atoms with Gasteiger partial charge in [0.2, 0.25) is 0 Å². The second kappa shape index (κ2) is 5.77. The summed E-state index contributed by atoms with van der Waals surface area (Å²) >= 11 is 0. The number of carbonyl (C=O) groups is 1. The van der Waals surface area contributed by atoms with Gasteiger partial charge in [-0.2, -0.15) is 0 Å². The summed E-state index contributed by atoms with van der Waals surface area (Å²) in [6, 6.07) is 3.28. The van der Waals surface area contributed by atoms with E-state index in [1.807, 2.05) is 0 Å². The van der Waals surface area contributed by atoms with Gasteiger partial charge in [0.15, 0.2) is 5.69 Å². The van der Waals surface area contributed by atoms with Crippen LogP contribution >= 0.6 is 0 Å². The van der Waals surface area contributed by atoms with Crippen LogP contribution in [0.1, 0.15) is 30.3 Å². The fourth-order valence-electron chi connectivity index (χ4n) is 2.17. The fourth-order valence-corrected chi connectivity index (χ4v) is 2.17. The lowest BCUT2D eigenvalue weighted by Crippen LogP contribution is -2.23. The Labute approximate surface area is 106 Å². The summed E-state index contributed by atoms with van der Waals surface area (Å²) in [5.41, 5.74) is 5.27. The standard InChI is InChI=1S/C12H18N4O2/c1-2-10-8(5-6-18-10)7-14-11-4-3-9(12(13)17)15-16-11/h3-4,8,10H,2,5-7H2,1H3,(H2,13,17)(H,14,16). The molecule has 98 valence electrons. The van der Waals surface area contributed by atoms with Gasteiger partial charge in [-0.25, -0.2) is 0 Å². The molecular weight excluding hydrogens is 232 g/mol. The van der Waals surface area contributed by atoms with Gasteiger partial charge in [0.25, 0.3) is 5.91 Å². The lowest BCUT2D eigenvalue weighted by Gasteiger charge is -2.17. The molecule has 0 aliphatic carbocycles. The third-order valence-electron chi connectivity index (χ3n) is 3.21. The number of nitrogens with one attached hydrogen (secondary N) is 1. The Morgan fingerprint density at radius 1 is 1.56 bits per heavy atom. The molecule has 1 amide bonds. The summed E-state index contributed by atoms with van der Waals surface area (Å²) in [6.07, 6.45) is 2.42. The molecule has 2 atom stereocenters. The lowest BCUT2D eigenvalue weighted by molar-refractivity contribution is 0.0900. The second-order valence-corrected chi connectivity index (χ2v) is 4.42. The highest BCUT2D eigenvalue weighted by molar-refractivity contribution is 5.90. The summed E-state index contributed by atoms with van der Waals surface area (Å²) in [4.78, 5) is 10.8. The van der Waals surface area contributed by atoms with Crippen LogP contribution in [0, 0.1) is 5.92 Å². The van der Waals surface area contributed by atoms with E-state index in [2.05, 4.69) is 22.4 Å². The van der Waals surface area contributed by atoms with Gasteiger partial charge in [0.1, 0.15) is 5.82 Å². The van der Waals surface area contributed by atoms with Gasteiger partial charge in [0, 0.05) is 19.1 Å². The maximum Gasteiger partial charge on any atom is 0.269 e. The van der Waals surface area contributed by atoms with E-state index in [0.29, 0.717) is 17.8 Å². The van der Waals surface area contributed by atoms with Gasteiger partial charge < -0.3 is 15.8 Å². The lowest BCUT2D eigenvalue weighted by atomic mass is 10.00. The Morgan fingerprint density at radius 3 is 3.00 bits per heavy atom. The van der Waals surface area contributed by atoms with Crippen LogP contribution in [0.25, 0.3) is 0 Å². The molecule has 0 radical (unpaired) electrons. The van der Waals surface area contributed by atoms with Crippen molar-refractivity contribution in [3.8, 4) is 0 Å². The molecule has 3 N–H and O–H groups in total. The first-order chi connectivity index (χ1) is 8.70. The Balaban J connectivity index is 1.88. The molecule has 1 aromatic heterocycles. The third kappa shape index (κ3) is 2.95. The molecule has 0 saturated carbocycles. The van der Waals surface area contributed by atoms with Gasteiger partial charge in [-0.05, 0) is 25.0 Å². The number of nitrogens with zero attached hydrogens (tertiary/aromatic N) is 2. The zero-order valence-corrected chi connectivity index (χ0v) is 10.4. The predicted molar refractivity (Wildman–Crippen MR) is 67.2 cm³/mol. The number of rotatable bonds is 5. The largest absolute Gasteiger partial charge is 0.378 e. The second-order valence-electron chi connectivity index (χ2n) is 4.42. The molecule has 2 unspecified atom stereocenters. The Hall–Kier alpha value is -1.69. The minimum atomic E-state index is -0.565. The zero-order chi connectivity index (χ0) is 13.0. The first-order valence-electron chi connectivity index (χ1n) is 6.19. The van der Waals surface area contributed by atoms with Crippen molar-refractivity contribution < 1.29 is 9.53 Å². The maximum absolute atomic E-state index is 10.8. The SMILES string of the molecule is CCC1OCCC1CNc1ccc(C(N)=O)nn1. The van der Waals surface area contributed by atoms with Crippen LogP contribution in [0.2, 0.25) is 0 Å². The predicted octanol–water partition coefficient (Wildman–Crippen LogP) is 0.802. The van der Waals surface area contributed by atoms with Gasteiger partial charge >= 0.3 is 0 Å². The molecule has 0 spiro atoms. The maximum atomic E-state index is 10.8. The van der Waals surface area contributed by atoms with Gasteiger partial charge in [-0.1, -0.05) is 6.92 Å². The van der Waals surface area contributed by atoms with E-state index >= 15 is 0 Å². The van der Waals surface area contributed by atoms with Crippen LogP contribution in [-0.4, -0.2) is 35.4 Å². The monoisotopic (exact) mass is 250 g/mol. The smallest absolute Gasteiger partial charge is 0.269 e. The molecule has 1 aliphatic rings. The van der Waals surface area contributed by atoms with Crippen molar-refractivity contribution in [3.63, 3.8) is 0 Å². The van der Waals surface area contributed by atoms with Crippen LogP contribution in [0.5, 0.6) is 0 Å². The van der Waals surface area contributed by atoms with Crippen LogP contribution in [0.3, 0.4) is 0 Å². The number of amides is 1. The molecular formula is C12H18N4O2. The van der Waals surface area contributed by atoms with E-state index in [0.717, 1.165) is 26.0 Å². The third-order valence-corrected chi connectivity index (χ3v) is 3.21. The average Bonchev–Trinajstić information content (AvgIpc) is 2.84. The summed E-state index contributed by atoms with van der Waals surface area (Å²) < 4.78 is 5.62. The topological polar surface area (TPSA) is 90.1 Å². The zero-order valence-electron chi connectivity index (χ0n) is 10.4. The number of aromatic nitrogens is 2. The number of hydrogen-bond acceptors (Lipinski definition) is 5. The number of anilines is 1. The number of hydrogen-bond donors (Lipinski definition) is 2. The molecule has 2 heterocycles. The van der Waals surface area contributed by atoms with E-state index < -0.39 is 5.91 Å². The summed E-state index contributed by atoms with van der Waals surface area (Å²) in [7, 11) is 0.